The third kappa shape index (κ3) is 10.8. The first-order chi connectivity index (χ1) is 28.9. The number of methoxy groups -OCH3 is 1. The van der Waals surface area contributed by atoms with Gasteiger partial charge in [-0.2, -0.15) is 0 Å². The second kappa shape index (κ2) is 18.3. The lowest BCUT2D eigenvalue weighted by Gasteiger charge is -2.64. The normalized spacial score (nSPS) is 37.1. The number of rotatable bonds is 19. The van der Waals surface area contributed by atoms with Gasteiger partial charge in [-0.25, -0.2) is 4.68 Å². The predicted octanol–water partition coefficient (Wildman–Crippen LogP) is 9.20. The number of benzene rings is 1. The van der Waals surface area contributed by atoms with Gasteiger partial charge in [-0.15, -0.1) is 5.10 Å². The predicted molar refractivity (Wildman–Crippen MR) is 250 cm³/mol. The van der Waals surface area contributed by atoms with Crippen molar-refractivity contribution in [2.75, 3.05) is 7.11 Å². The fourth-order valence-corrected chi connectivity index (χ4v) is 61.1. The zero-order chi connectivity index (χ0) is 45.1. The number of ether oxygens (including phenoxy) is 1. The average Bonchev–Trinajstić information content (AvgIpc) is 3.44. The fraction of sp³-hybridized carbons (Fsp3) is 0.842. The van der Waals surface area contributed by atoms with Crippen molar-refractivity contribution in [1.29, 1.82) is 0 Å². The summed E-state index contributed by atoms with van der Waals surface area (Å²) >= 11 is 0. The molecule has 16 nitrogen and oxygen atoms in total. The van der Waals surface area contributed by atoms with Crippen LogP contribution < -0.4 is 4.74 Å². The van der Waals surface area contributed by atoms with Gasteiger partial charge >= 0.3 is 70.4 Å². The Kier molecular flexibility index (Phi) is 14.6. The third-order valence-electron chi connectivity index (χ3n) is 10.9. The zero-order valence-electron chi connectivity index (χ0n) is 40.0. The highest BCUT2D eigenvalue weighted by Gasteiger charge is 2.83. The van der Waals surface area contributed by atoms with Crippen LogP contribution in [0.5, 0.6) is 5.75 Å². The lowest BCUT2D eigenvalue weighted by Crippen LogP contribution is -2.88. The van der Waals surface area contributed by atoms with Crippen molar-refractivity contribution < 1.29 is 54.1 Å². The largest absolute Gasteiger partial charge is 0.497 e. The molecule has 352 valence electrons. The van der Waals surface area contributed by atoms with Crippen molar-refractivity contribution in [3.8, 4) is 5.75 Å². The van der Waals surface area contributed by atoms with Crippen LogP contribution in [0.3, 0.4) is 0 Å². The van der Waals surface area contributed by atoms with Crippen LogP contribution in [-0.2, 0) is 55.9 Å². The van der Waals surface area contributed by atoms with Crippen molar-refractivity contribution >= 4 is 81.5 Å². The summed E-state index contributed by atoms with van der Waals surface area (Å²) in [5.74, 6) is 1.41. The van der Waals surface area contributed by atoms with Gasteiger partial charge < -0.3 is 54.1 Å². The highest BCUT2D eigenvalue weighted by molar-refractivity contribution is 7.03. The van der Waals surface area contributed by atoms with E-state index in [2.05, 4.69) is 107 Å². The van der Waals surface area contributed by atoms with E-state index in [1.54, 1.807) is 7.11 Å². The molecule has 6 aliphatic heterocycles. The monoisotopic (exact) mass is 1010 g/mol. The van der Waals surface area contributed by atoms with Crippen molar-refractivity contribution in [3.05, 3.63) is 18.2 Å². The van der Waals surface area contributed by atoms with Gasteiger partial charge in [-0.05, 0) is 60.0 Å². The maximum atomic E-state index is 7.91. The van der Waals surface area contributed by atoms with Gasteiger partial charge in [0.15, 0.2) is 0 Å². The van der Waals surface area contributed by atoms with E-state index in [0.717, 1.165) is 16.8 Å². The summed E-state index contributed by atoms with van der Waals surface area (Å²) in [4.78, 5) is 0. The van der Waals surface area contributed by atoms with Crippen LogP contribution in [0.2, 0.25) is 48.4 Å². The van der Waals surface area contributed by atoms with Gasteiger partial charge in [0.25, 0.3) is 0 Å². The third-order valence-corrected chi connectivity index (χ3v) is 51.0. The first-order valence-electron chi connectivity index (χ1n) is 23.2. The van der Waals surface area contributed by atoms with E-state index in [4.69, 9.17) is 54.1 Å². The summed E-state index contributed by atoms with van der Waals surface area (Å²) in [7, 11) is -30.3. The molecule has 8 rings (SSSR count). The molecule has 0 spiro atoms. The fourth-order valence-electron chi connectivity index (χ4n) is 9.55. The molecule has 0 saturated carbocycles. The molecule has 1 aromatic carbocycles. The van der Waals surface area contributed by atoms with E-state index in [9.17, 15) is 0 Å². The topological polar surface area (TPSA) is 151 Å². The van der Waals surface area contributed by atoms with Gasteiger partial charge in [0.05, 0.1) is 12.6 Å². The molecule has 6 aliphatic rings. The molecule has 0 N–H and O–H groups in total. The molecule has 8 bridgehead atoms. The first-order valence-corrected chi connectivity index (χ1v) is 38.6. The van der Waals surface area contributed by atoms with Gasteiger partial charge in [0.2, 0.25) is 0 Å². The number of aryl methyl sites for hydroxylation is 1. The van der Waals surface area contributed by atoms with Crippen LogP contribution in [0.1, 0.15) is 103 Å². The van der Waals surface area contributed by atoms with Gasteiger partial charge in [0.1, 0.15) is 11.3 Å². The Labute approximate surface area is 379 Å². The Hall–Kier alpha value is -0.325. The zero-order valence-corrected chi connectivity index (χ0v) is 48.0. The molecular formula is C38H75N3O13Si8. The van der Waals surface area contributed by atoms with Crippen LogP contribution >= 0.6 is 0 Å². The molecule has 0 atom stereocenters. The smallest absolute Gasteiger partial charge is 0.479 e. The number of fused-ring (bicyclic) bond motifs is 1. The molecule has 6 saturated heterocycles. The summed E-state index contributed by atoms with van der Waals surface area (Å²) in [6.07, 6.45) is 0.554. The highest BCUT2D eigenvalue weighted by Crippen LogP contribution is 2.56. The Balaban J connectivity index is 1.51. The van der Waals surface area contributed by atoms with E-state index >= 15 is 0 Å². The molecule has 0 aliphatic carbocycles. The maximum Gasteiger partial charge on any atom is 0.479 e. The molecule has 2 aromatic rings. The Morgan fingerprint density at radius 1 is 0.452 bits per heavy atom. The number of hydrogen-bond acceptors (Lipinski definition) is 15. The van der Waals surface area contributed by atoms with Crippen LogP contribution in [0, 0.1) is 41.4 Å². The second-order valence-corrected chi connectivity index (χ2v) is 45.2. The molecular weight excluding hydrogens is 931 g/mol. The number of nitrogens with zero attached hydrogens (tertiary/aromatic N) is 3. The summed E-state index contributed by atoms with van der Waals surface area (Å²) in [6, 6.07) is 9.37. The molecule has 0 amide bonds. The van der Waals surface area contributed by atoms with E-state index in [-0.39, 0.29) is 41.4 Å². The maximum absolute atomic E-state index is 7.91. The summed E-state index contributed by atoms with van der Waals surface area (Å²) in [5.41, 5.74) is 1.65. The van der Waals surface area contributed by atoms with E-state index in [1.165, 1.54) is 0 Å². The highest BCUT2D eigenvalue weighted by atomic mass is 28.6. The van der Waals surface area contributed by atoms with Crippen LogP contribution in [-0.4, -0.2) is 92.5 Å². The minimum absolute atomic E-state index is 0.0864. The quantitative estimate of drug-likeness (QED) is 0.123. The van der Waals surface area contributed by atoms with Crippen LogP contribution in [0.4, 0.5) is 0 Å². The number of aromatic nitrogens is 3. The molecule has 62 heavy (non-hydrogen) atoms. The van der Waals surface area contributed by atoms with Crippen molar-refractivity contribution in [1.82, 2.24) is 15.0 Å². The Bertz CT molecular complexity index is 1730. The summed E-state index contributed by atoms with van der Waals surface area (Å²) in [6.45, 7) is 30.8. The lowest BCUT2D eigenvalue weighted by molar-refractivity contribution is -0.0341. The van der Waals surface area contributed by atoms with Gasteiger partial charge in [-0.3, -0.25) is 0 Å². The van der Waals surface area contributed by atoms with Crippen LogP contribution in [0.15, 0.2) is 18.2 Å². The average molecular weight is 1010 g/mol. The Morgan fingerprint density at radius 3 is 1.02 bits per heavy atom. The summed E-state index contributed by atoms with van der Waals surface area (Å²) in [5, 5.41) is 9.02. The lowest BCUT2D eigenvalue weighted by atomic mass is 10.3. The van der Waals surface area contributed by atoms with E-state index < -0.39 is 70.4 Å². The van der Waals surface area contributed by atoms with Gasteiger partial charge in [0, 0.05) is 61.0 Å². The standard InChI is InChI=1S/C38H75N3O13Si8/c1-29(2)22-56-43-55(20-16-19-41-38-21-36(42-15)17-18-37(38)39-40-41)44-57(23-30(3)4)48-59(46-56,25-32(7)8)52-62(28-35(13)14)53-60(47-56,26-33(9)10)49-58(45-55,24-31(5)6)51-61(50-57,54-62)27-34(11)12/h17-18,21,29-35H,16,19-20,22-28H2,1-15H3. The summed E-state index contributed by atoms with van der Waals surface area (Å²) < 4.78 is 102. The molecule has 24 heteroatoms. The molecule has 0 radical (unpaired) electrons. The van der Waals surface area contributed by atoms with Crippen molar-refractivity contribution in [2.24, 2.45) is 41.4 Å². The van der Waals surface area contributed by atoms with Crippen molar-refractivity contribution in [2.45, 2.75) is 158 Å². The van der Waals surface area contributed by atoms with Gasteiger partial charge in [-0.1, -0.05) is 102 Å². The molecule has 7 heterocycles. The second-order valence-electron chi connectivity index (χ2n) is 21.1. The van der Waals surface area contributed by atoms with E-state index in [1.807, 2.05) is 22.9 Å². The minimum atomic E-state index is -4.09. The SMILES string of the molecule is COc1ccc2nnn(CCC[Si]34O[Si]5(CC(C)C)O[Si]6(CC(C)C)O[Si](CC(C)C)(O3)O[Si]3(CC(C)C)O[Si](CC(C)C)(O4)O[Si](CC(C)C)(O5)O[Si](CC(C)C)(O6)O3)c2c1. The minimum Gasteiger partial charge on any atom is -0.497 e. The molecule has 1 aromatic heterocycles. The van der Waals surface area contributed by atoms with Crippen LogP contribution in [0.25, 0.3) is 11.0 Å². The molecule has 0 unspecified atom stereocenters. The number of hydrogen-bond donors (Lipinski definition) is 0. The van der Waals surface area contributed by atoms with E-state index in [0.29, 0.717) is 61.3 Å². The first kappa shape index (κ1) is 49.6. The Morgan fingerprint density at radius 2 is 0.742 bits per heavy atom. The molecule has 6 fully saturated rings. The van der Waals surface area contributed by atoms with Crippen molar-refractivity contribution in [3.63, 3.8) is 0 Å².